The standard InChI is InChI=1S/C23H29FN2O3S/c1-4-22(27)25(13-16(2)3)14-23(28)26-10-8-21-19(9-11-30-21)20(26)15-29-18-7-5-6-17(24)12-18/h5-7,9,11-12,16,20H,4,8,10,13-15H2,1-3H3/t20-/m0/s1. The normalized spacial score (nSPS) is 15.8. The number of halogens is 1. The zero-order valence-corrected chi connectivity index (χ0v) is 18.6. The van der Waals surface area contributed by atoms with Crippen molar-refractivity contribution in [1.82, 2.24) is 9.80 Å². The van der Waals surface area contributed by atoms with Crippen molar-refractivity contribution in [3.8, 4) is 5.75 Å². The Morgan fingerprint density at radius 2 is 2.13 bits per heavy atom. The van der Waals surface area contributed by atoms with Gasteiger partial charge in [-0.25, -0.2) is 4.39 Å². The fourth-order valence-electron chi connectivity index (χ4n) is 3.78. The summed E-state index contributed by atoms with van der Waals surface area (Å²) in [7, 11) is 0. The summed E-state index contributed by atoms with van der Waals surface area (Å²) in [5.74, 6) is 0.264. The van der Waals surface area contributed by atoms with E-state index in [4.69, 9.17) is 4.74 Å². The summed E-state index contributed by atoms with van der Waals surface area (Å²) in [6.07, 6.45) is 1.17. The molecule has 0 fully saturated rings. The van der Waals surface area contributed by atoms with E-state index in [2.05, 4.69) is 0 Å². The van der Waals surface area contributed by atoms with E-state index >= 15 is 0 Å². The molecule has 1 aliphatic heterocycles. The maximum atomic E-state index is 13.5. The summed E-state index contributed by atoms with van der Waals surface area (Å²) in [6, 6.07) is 7.79. The molecule has 0 radical (unpaired) electrons. The Hall–Kier alpha value is -2.41. The summed E-state index contributed by atoms with van der Waals surface area (Å²) in [6.45, 7) is 7.34. The lowest BCUT2D eigenvalue weighted by atomic mass is 10.00. The maximum Gasteiger partial charge on any atom is 0.242 e. The molecule has 0 aliphatic carbocycles. The number of hydrogen-bond acceptors (Lipinski definition) is 4. The van der Waals surface area contributed by atoms with Crippen LogP contribution in [0.25, 0.3) is 0 Å². The first kappa shape index (κ1) is 22.3. The van der Waals surface area contributed by atoms with Crippen molar-refractivity contribution >= 4 is 23.2 Å². The summed E-state index contributed by atoms with van der Waals surface area (Å²) < 4.78 is 19.4. The lowest BCUT2D eigenvalue weighted by Crippen LogP contribution is -2.48. The van der Waals surface area contributed by atoms with Crippen LogP contribution >= 0.6 is 11.3 Å². The maximum absolute atomic E-state index is 13.5. The summed E-state index contributed by atoms with van der Waals surface area (Å²) >= 11 is 1.68. The summed E-state index contributed by atoms with van der Waals surface area (Å²) in [5.41, 5.74) is 1.08. The first-order chi connectivity index (χ1) is 14.4. The van der Waals surface area contributed by atoms with Crippen LogP contribution in [-0.2, 0) is 16.0 Å². The van der Waals surface area contributed by atoms with Gasteiger partial charge in [-0.15, -0.1) is 11.3 Å². The third-order valence-corrected chi connectivity index (χ3v) is 6.18. The van der Waals surface area contributed by atoms with Gasteiger partial charge < -0.3 is 14.5 Å². The Morgan fingerprint density at radius 1 is 1.33 bits per heavy atom. The van der Waals surface area contributed by atoms with Crippen LogP contribution in [0.2, 0.25) is 0 Å². The van der Waals surface area contributed by atoms with Gasteiger partial charge in [-0.2, -0.15) is 0 Å². The highest BCUT2D eigenvalue weighted by Gasteiger charge is 2.33. The largest absolute Gasteiger partial charge is 0.491 e. The predicted molar refractivity (Wildman–Crippen MR) is 116 cm³/mol. The molecule has 0 bridgehead atoms. The molecule has 1 atom stereocenters. The van der Waals surface area contributed by atoms with E-state index in [1.54, 1.807) is 28.4 Å². The van der Waals surface area contributed by atoms with Crippen LogP contribution in [0.1, 0.15) is 43.7 Å². The number of rotatable bonds is 8. The first-order valence-corrected chi connectivity index (χ1v) is 11.3. The van der Waals surface area contributed by atoms with Crippen LogP contribution in [0.15, 0.2) is 35.7 Å². The lowest BCUT2D eigenvalue weighted by molar-refractivity contribution is -0.143. The van der Waals surface area contributed by atoms with Gasteiger partial charge in [0.2, 0.25) is 11.8 Å². The fraction of sp³-hybridized carbons (Fsp3) is 0.478. The minimum absolute atomic E-state index is 0.0159. The minimum atomic E-state index is -0.359. The smallest absolute Gasteiger partial charge is 0.242 e. The highest BCUT2D eigenvalue weighted by molar-refractivity contribution is 7.10. The van der Waals surface area contributed by atoms with E-state index in [0.29, 0.717) is 25.3 Å². The number of hydrogen-bond donors (Lipinski definition) is 0. The molecule has 2 amide bonds. The second-order valence-electron chi connectivity index (χ2n) is 7.94. The Bertz CT molecular complexity index is 883. The molecule has 1 aromatic carbocycles. The fourth-order valence-corrected chi connectivity index (χ4v) is 4.71. The van der Waals surface area contributed by atoms with Crippen molar-refractivity contribution in [3.05, 3.63) is 52.0 Å². The molecule has 2 heterocycles. The molecule has 30 heavy (non-hydrogen) atoms. The SMILES string of the molecule is CCC(=O)N(CC(=O)N1CCc2sccc2[C@@H]1COc1cccc(F)c1)CC(C)C. The van der Waals surface area contributed by atoms with E-state index in [0.717, 1.165) is 12.0 Å². The van der Waals surface area contributed by atoms with Crippen LogP contribution in [0.5, 0.6) is 5.75 Å². The van der Waals surface area contributed by atoms with Crippen molar-refractivity contribution in [2.75, 3.05) is 26.2 Å². The molecule has 3 rings (SSSR count). The number of nitrogens with zero attached hydrogens (tertiary/aromatic N) is 2. The lowest BCUT2D eigenvalue weighted by Gasteiger charge is -2.37. The van der Waals surface area contributed by atoms with Crippen LogP contribution < -0.4 is 4.74 Å². The van der Waals surface area contributed by atoms with Gasteiger partial charge in [0, 0.05) is 30.5 Å². The van der Waals surface area contributed by atoms with Crippen molar-refractivity contribution in [2.45, 2.75) is 39.7 Å². The molecule has 0 unspecified atom stereocenters. The van der Waals surface area contributed by atoms with E-state index in [1.165, 1.54) is 17.0 Å². The quantitative estimate of drug-likeness (QED) is 0.625. The van der Waals surface area contributed by atoms with Crippen LogP contribution in [0, 0.1) is 11.7 Å². The average molecular weight is 433 g/mol. The molecule has 2 aromatic rings. The number of thiophene rings is 1. The van der Waals surface area contributed by atoms with E-state index in [1.807, 2.05) is 37.1 Å². The Morgan fingerprint density at radius 3 is 2.83 bits per heavy atom. The molecular formula is C23H29FN2O3S. The number of amides is 2. The van der Waals surface area contributed by atoms with Crippen molar-refractivity contribution in [1.29, 1.82) is 0 Å². The van der Waals surface area contributed by atoms with Gasteiger partial charge in [0.25, 0.3) is 0 Å². The molecule has 1 aromatic heterocycles. The van der Waals surface area contributed by atoms with Gasteiger partial charge in [-0.05, 0) is 41.5 Å². The second-order valence-corrected chi connectivity index (χ2v) is 8.94. The molecule has 0 N–H and O–H groups in total. The Balaban J connectivity index is 1.77. The molecule has 7 heteroatoms. The molecular weight excluding hydrogens is 403 g/mol. The van der Waals surface area contributed by atoms with Gasteiger partial charge in [-0.1, -0.05) is 26.8 Å². The average Bonchev–Trinajstić information content (AvgIpc) is 3.19. The second kappa shape index (κ2) is 10.1. The van der Waals surface area contributed by atoms with Crippen LogP contribution in [-0.4, -0.2) is 47.9 Å². The number of benzene rings is 1. The van der Waals surface area contributed by atoms with Crippen LogP contribution in [0.4, 0.5) is 4.39 Å². The van der Waals surface area contributed by atoms with Gasteiger partial charge in [0.05, 0.1) is 12.6 Å². The Labute approximate surface area is 181 Å². The number of ether oxygens (including phenoxy) is 1. The zero-order valence-electron chi connectivity index (χ0n) is 17.8. The number of carbonyl (C=O) groups is 2. The summed E-state index contributed by atoms with van der Waals surface area (Å²) in [4.78, 5) is 30.3. The van der Waals surface area contributed by atoms with E-state index < -0.39 is 0 Å². The van der Waals surface area contributed by atoms with E-state index in [9.17, 15) is 14.0 Å². The molecule has 0 saturated carbocycles. The third kappa shape index (κ3) is 5.39. The molecule has 1 aliphatic rings. The highest BCUT2D eigenvalue weighted by Crippen LogP contribution is 2.34. The van der Waals surface area contributed by atoms with Crippen molar-refractivity contribution in [3.63, 3.8) is 0 Å². The third-order valence-electron chi connectivity index (χ3n) is 5.19. The number of fused-ring (bicyclic) bond motifs is 1. The molecule has 0 saturated heterocycles. The predicted octanol–water partition coefficient (Wildman–Crippen LogP) is 4.29. The van der Waals surface area contributed by atoms with E-state index in [-0.39, 0.29) is 42.7 Å². The molecule has 5 nitrogen and oxygen atoms in total. The molecule has 162 valence electrons. The minimum Gasteiger partial charge on any atom is -0.491 e. The highest BCUT2D eigenvalue weighted by atomic mass is 32.1. The van der Waals surface area contributed by atoms with Gasteiger partial charge >= 0.3 is 0 Å². The van der Waals surface area contributed by atoms with Crippen molar-refractivity contribution < 1.29 is 18.7 Å². The molecule has 0 spiro atoms. The number of carbonyl (C=O) groups excluding carboxylic acids is 2. The first-order valence-electron chi connectivity index (χ1n) is 10.4. The zero-order chi connectivity index (χ0) is 21.7. The monoisotopic (exact) mass is 432 g/mol. The Kier molecular flexibility index (Phi) is 7.48. The topological polar surface area (TPSA) is 49.9 Å². The van der Waals surface area contributed by atoms with Gasteiger partial charge in [0.1, 0.15) is 18.2 Å². The van der Waals surface area contributed by atoms with Crippen LogP contribution in [0.3, 0.4) is 0 Å². The summed E-state index contributed by atoms with van der Waals surface area (Å²) in [5, 5.41) is 2.03. The van der Waals surface area contributed by atoms with Crippen molar-refractivity contribution in [2.24, 2.45) is 5.92 Å². The van der Waals surface area contributed by atoms with Gasteiger partial charge in [-0.3, -0.25) is 9.59 Å². The van der Waals surface area contributed by atoms with Gasteiger partial charge in [0.15, 0.2) is 0 Å².